The summed E-state index contributed by atoms with van der Waals surface area (Å²) in [6.07, 6.45) is 0.910. The molecule has 0 fully saturated rings. The van der Waals surface area contributed by atoms with Crippen LogP contribution in [-0.4, -0.2) is 32.8 Å². The van der Waals surface area contributed by atoms with Gasteiger partial charge in [0.25, 0.3) is 5.91 Å². The van der Waals surface area contributed by atoms with Crippen molar-refractivity contribution in [3.63, 3.8) is 0 Å². The molecule has 5 heteroatoms. The zero-order valence-electron chi connectivity index (χ0n) is 9.79. The van der Waals surface area contributed by atoms with Crippen LogP contribution in [0.5, 0.6) is 11.5 Å². The molecule has 0 bridgehead atoms. The van der Waals surface area contributed by atoms with E-state index in [4.69, 9.17) is 9.47 Å². The van der Waals surface area contributed by atoms with Crippen molar-refractivity contribution in [1.82, 2.24) is 10.6 Å². The Hall–Kier alpha value is -1.75. The molecule has 0 atom stereocenters. The molecule has 0 aliphatic carbocycles. The monoisotopic (exact) mass is 236 g/mol. The smallest absolute Gasteiger partial charge is 0.251 e. The third kappa shape index (κ3) is 2.88. The van der Waals surface area contributed by atoms with Gasteiger partial charge < -0.3 is 20.1 Å². The van der Waals surface area contributed by atoms with E-state index >= 15 is 0 Å². The molecule has 0 saturated heterocycles. The molecular formula is C12H16N2O3. The van der Waals surface area contributed by atoms with Gasteiger partial charge in [-0.25, -0.2) is 0 Å². The predicted octanol–water partition coefficient (Wildman–Crippen LogP) is 0.755. The van der Waals surface area contributed by atoms with Gasteiger partial charge in [0.15, 0.2) is 11.5 Å². The van der Waals surface area contributed by atoms with Crippen LogP contribution in [-0.2, 0) is 0 Å². The second-order valence-electron chi connectivity index (χ2n) is 3.78. The zero-order valence-corrected chi connectivity index (χ0v) is 9.79. The van der Waals surface area contributed by atoms with Crippen molar-refractivity contribution in [3.8, 4) is 11.5 Å². The van der Waals surface area contributed by atoms with E-state index in [1.807, 2.05) is 7.05 Å². The van der Waals surface area contributed by atoms with Gasteiger partial charge in [0.1, 0.15) is 0 Å². The predicted molar refractivity (Wildman–Crippen MR) is 63.4 cm³/mol. The quantitative estimate of drug-likeness (QED) is 0.741. The number of amides is 1. The molecule has 2 N–H and O–H groups in total. The fraction of sp³-hybridized carbons (Fsp3) is 0.417. The largest absolute Gasteiger partial charge is 0.454 e. The zero-order chi connectivity index (χ0) is 12.1. The van der Waals surface area contributed by atoms with Crippen LogP contribution in [0.3, 0.4) is 0 Å². The first kappa shape index (κ1) is 11.7. The Morgan fingerprint density at radius 2 is 2.12 bits per heavy atom. The van der Waals surface area contributed by atoms with Crippen molar-refractivity contribution in [2.24, 2.45) is 0 Å². The van der Waals surface area contributed by atoms with E-state index < -0.39 is 0 Å². The molecule has 2 rings (SSSR count). The maximum absolute atomic E-state index is 11.8. The lowest BCUT2D eigenvalue weighted by Gasteiger charge is -2.05. The molecule has 92 valence electrons. The Balaban J connectivity index is 1.91. The molecule has 1 amide bonds. The van der Waals surface area contributed by atoms with Gasteiger partial charge in [0, 0.05) is 12.1 Å². The van der Waals surface area contributed by atoms with E-state index in [-0.39, 0.29) is 12.7 Å². The van der Waals surface area contributed by atoms with E-state index in [9.17, 15) is 4.79 Å². The summed E-state index contributed by atoms with van der Waals surface area (Å²) in [5, 5.41) is 5.88. The first-order valence-corrected chi connectivity index (χ1v) is 5.63. The molecule has 0 unspecified atom stereocenters. The van der Waals surface area contributed by atoms with Crippen LogP contribution < -0.4 is 20.1 Å². The standard InChI is InChI=1S/C12H16N2O3/c1-13-5-2-6-14-12(15)9-3-4-10-11(7-9)17-8-16-10/h3-4,7,13H,2,5-6,8H2,1H3,(H,14,15). The van der Waals surface area contributed by atoms with Gasteiger partial charge >= 0.3 is 0 Å². The highest BCUT2D eigenvalue weighted by Gasteiger charge is 2.15. The maximum atomic E-state index is 11.8. The second-order valence-corrected chi connectivity index (χ2v) is 3.78. The van der Waals surface area contributed by atoms with Crippen molar-refractivity contribution in [3.05, 3.63) is 23.8 Å². The number of benzene rings is 1. The van der Waals surface area contributed by atoms with Crippen molar-refractivity contribution >= 4 is 5.91 Å². The summed E-state index contributed by atoms with van der Waals surface area (Å²) in [5.74, 6) is 1.24. The van der Waals surface area contributed by atoms with Crippen molar-refractivity contribution in [2.75, 3.05) is 26.9 Å². The summed E-state index contributed by atoms with van der Waals surface area (Å²) in [6, 6.07) is 5.20. The number of nitrogens with one attached hydrogen (secondary N) is 2. The average molecular weight is 236 g/mol. The minimum Gasteiger partial charge on any atom is -0.454 e. The Morgan fingerprint density at radius 3 is 2.94 bits per heavy atom. The van der Waals surface area contributed by atoms with Crippen LogP contribution in [0.15, 0.2) is 18.2 Å². The third-order valence-corrected chi connectivity index (χ3v) is 2.52. The summed E-state index contributed by atoms with van der Waals surface area (Å²) >= 11 is 0. The van der Waals surface area contributed by atoms with E-state index in [1.54, 1.807) is 18.2 Å². The molecule has 1 aliphatic rings. The second kappa shape index (κ2) is 5.54. The highest BCUT2D eigenvalue weighted by molar-refractivity contribution is 5.94. The fourth-order valence-electron chi connectivity index (χ4n) is 1.61. The molecule has 1 aromatic carbocycles. The highest BCUT2D eigenvalue weighted by Crippen LogP contribution is 2.32. The number of ether oxygens (including phenoxy) is 2. The normalized spacial score (nSPS) is 12.5. The lowest BCUT2D eigenvalue weighted by atomic mass is 10.2. The molecule has 1 aliphatic heterocycles. The molecular weight excluding hydrogens is 220 g/mol. The Labute approximate surface area is 100 Å². The van der Waals surface area contributed by atoms with Crippen molar-refractivity contribution in [2.45, 2.75) is 6.42 Å². The van der Waals surface area contributed by atoms with E-state index in [2.05, 4.69) is 10.6 Å². The van der Waals surface area contributed by atoms with Gasteiger partial charge in [-0.3, -0.25) is 4.79 Å². The van der Waals surface area contributed by atoms with Crippen molar-refractivity contribution < 1.29 is 14.3 Å². The van der Waals surface area contributed by atoms with Crippen LogP contribution >= 0.6 is 0 Å². The molecule has 1 aromatic rings. The summed E-state index contributed by atoms with van der Waals surface area (Å²) in [7, 11) is 1.89. The lowest BCUT2D eigenvalue weighted by Crippen LogP contribution is -2.26. The van der Waals surface area contributed by atoms with Gasteiger partial charge in [-0.2, -0.15) is 0 Å². The van der Waals surface area contributed by atoms with Crippen LogP contribution in [0.25, 0.3) is 0 Å². The van der Waals surface area contributed by atoms with Gasteiger partial charge in [0.05, 0.1) is 0 Å². The van der Waals surface area contributed by atoms with Crippen LogP contribution in [0.1, 0.15) is 16.8 Å². The van der Waals surface area contributed by atoms with E-state index in [0.717, 1.165) is 13.0 Å². The summed E-state index contributed by atoms with van der Waals surface area (Å²) in [4.78, 5) is 11.8. The summed E-state index contributed by atoms with van der Waals surface area (Å²) < 4.78 is 10.4. The highest BCUT2D eigenvalue weighted by atomic mass is 16.7. The molecule has 0 aromatic heterocycles. The number of hydrogen-bond donors (Lipinski definition) is 2. The van der Waals surface area contributed by atoms with Gasteiger partial charge in [0.2, 0.25) is 6.79 Å². The minimum atomic E-state index is -0.0839. The average Bonchev–Trinajstić information content (AvgIpc) is 2.81. The topological polar surface area (TPSA) is 59.6 Å². The number of fused-ring (bicyclic) bond motifs is 1. The van der Waals surface area contributed by atoms with Crippen LogP contribution in [0.4, 0.5) is 0 Å². The molecule has 1 heterocycles. The van der Waals surface area contributed by atoms with Gasteiger partial charge in [-0.15, -0.1) is 0 Å². The summed E-state index contributed by atoms with van der Waals surface area (Å²) in [5.41, 5.74) is 0.596. The van der Waals surface area contributed by atoms with Gasteiger partial charge in [-0.05, 0) is 38.2 Å². The SMILES string of the molecule is CNCCCNC(=O)c1ccc2c(c1)OCO2. The number of rotatable bonds is 5. The first-order chi connectivity index (χ1) is 8.31. The lowest BCUT2D eigenvalue weighted by molar-refractivity contribution is 0.0953. The molecule has 5 nitrogen and oxygen atoms in total. The third-order valence-electron chi connectivity index (χ3n) is 2.52. The Kier molecular flexibility index (Phi) is 3.82. The number of hydrogen-bond acceptors (Lipinski definition) is 4. The number of carbonyl (C=O) groups is 1. The van der Waals surface area contributed by atoms with Crippen molar-refractivity contribution in [1.29, 1.82) is 0 Å². The van der Waals surface area contributed by atoms with Gasteiger partial charge in [-0.1, -0.05) is 0 Å². The maximum Gasteiger partial charge on any atom is 0.251 e. The Morgan fingerprint density at radius 1 is 1.29 bits per heavy atom. The Bertz CT molecular complexity index is 407. The first-order valence-electron chi connectivity index (χ1n) is 5.63. The molecule has 0 spiro atoms. The number of carbonyl (C=O) groups excluding carboxylic acids is 1. The summed E-state index contributed by atoms with van der Waals surface area (Å²) in [6.45, 7) is 1.78. The molecule has 17 heavy (non-hydrogen) atoms. The molecule has 0 saturated carbocycles. The molecule has 0 radical (unpaired) electrons. The van der Waals surface area contributed by atoms with E-state index in [1.165, 1.54) is 0 Å². The van der Waals surface area contributed by atoms with E-state index in [0.29, 0.717) is 23.6 Å². The fourth-order valence-corrected chi connectivity index (χ4v) is 1.61. The van der Waals surface area contributed by atoms with Crippen LogP contribution in [0, 0.1) is 0 Å². The minimum absolute atomic E-state index is 0.0839. The van der Waals surface area contributed by atoms with Crippen LogP contribution in [0.2, 0.25) is 0 Å².